The molecule has 1 heterocycles. The highest BCUT2D eigenvalue weighted by atomic mass is 16.7. The fourth-order valence-corrected chi connectivity index (χ4v) is 1.40. The van der Waals surface area contributed by atoms with Gasteiger partial charge in [-0.05, 0) is 6.92 Å². The Morgan fingerprint density at radius 3 is 2.53 bits per heavy atom. The predicted octanol–water partition coefficient (Wildman–Crippen LogP) is 1.73. The zero-order chi connectivity index (χ0) is 11.7. The van der Waals surface area contributed by atoms with Crippen molar-refractivity contribution in [1.82, 2.24) is 0 Å². The summed E-state index contributed by atoms with van der Waals surface area (Å²) < 4.78 is 16.0. The van der Waals surface area contributed by atoms with E-state index in [-0.39, 0.29) is 23.9 Å². The molecule has 88 valence electrons. The highest BCUT2D eigenvalue weighted by Crippen LogP contribution is 2.39. The van der Waals surface area contributed by atoms with Crippen LogP contribution in [0.5, 0.6) is 0 Å². The highest BCUT2D eigenvalue weighted by molar-refractivity contribution is 5.69. The van der Waals surface area contributed by atoms with Gasteiger partial charge >= 0.3 is 5.97 Å². The molecule has 1 rings (SSSR count). The molecule has 0 aromatic rings. The molecule has 1 saturated heterocycles. The summed E-state index contributed by atoms with van der Waals surface area (Å²) in [5.74, 6) is -0.882. The number of carbonyl (C=O) groups is 1. The van der Waals surface area contributed by atoms with Crippen LogP contribution in [0.15, 0.2) is 0 Å². The van der Waals surface area contributed by atoms with Gasteiger partial charge in [0.15, 0.2) is 5.79 Å². The normalized spacial score (nSPS) is 31.7. The Morgan fingerprint density at radius 1 is 1.53 bits per heavy atom. The van der Waals surface area contributed by atoms with Gasteiger partial charge in [-0.25, -0.2) is 0 Å². The third kappa shape index (κ3) is 2.69. The van der Waals surface area contributed by atoms with Gasteiger partial charge in [0.25, 0.3) is 0 Å². The lowest BCUT2D eigenvalue weighted by atomic mass is 9.87. The molecule has 0 N–H and O–H groups in total. The lowest BCUT2D eigenvalue weighted by Gasteiger charge is -2.36. The first-order chi connectivity index (χ1) is 6.78. The summed E-state index contributed by atoms with van der Waals surface area (Å²) in [4.78, 5) is 11.1. The van der Waals surface area contributed by atoms with Gasteiger partial charge in [0.1, 0.15) is 0 Å². The second-order valence-electron chi connectivity index (χ2n) is 5.03. The van der Waals surface area contributed by atoms with Gasteiger partial charge in [-0.2, -0.15) is 0 Å². The van der Waals surface area contributed by atoms with E-state index in [9.17, 15) is 4.79 Å². The summed E-state index contributed by atoms with van der Waals surface area (Å²) in [7, 11) is 1.38. The molecule has 15 heavy (non-hydrogen) atoms. The molecule has 0 saturated carbocycles. The van der Waals surface area contributed by atoms with Crippen molar-refractivity contribution >= 4 is 5.97 Å². The Balaban J connectivity index is 2.55. The maximum atomic E-state index is 11.1. The number of carbonyl (C=O) groups excluding carboxylic acids is 1. The number of methoxy groups -OCH3 is 1. The average molecular weight is 216 g/mol. The largest absolute Gasteiger partial charge is 0.469 e. The van der Waals surface area contributed by atoms with Crippen LogP contribution >= 0.6 is 0 Å². The van der Waals surface area contributed by atoms with Crippen LogP contribution in [-0.4, -0.2) is 31.6 Å². The molecule has 0 amide bonds. The van der Waals surface area contributed by atoms with Crippen molar-refractivity contribution in [3.05, 3.63) is 0 Å². The zero-order valence-electron chi connectivity index (χ0n) is 10.1. The topological polar surface area (TPSA) is 44.8 Å². The summed E-state index contributed by atoms with van der Waals surface area (Å²) in [6.07, 6.45) is 0.0593. The third-order valence-electron chi connectivity index (χ3n) is 2.92. The summed E-state index contributed by atoms with van der Waals surface area (Å²) in [6.45, 7) is 8.50. The lowest BCUT2D eigenvalue weighted by Crippen LogP contribution is -2.41. The molecule has 1 aliphatic heterocycles. The van der Waals surface area contributed by atoms with Crippen LogP contribution in [0.2, 0.25) is 0 Å². The summed E-state index contributed by atoms with van der Waals surface area (Å²) in [5, 5.41) is 0. The van der Waals surface area contributed by atoms with Crippen LogP contribution in [0, 0.1) is 5.41 Å². The quantitative estimate of drug-likeness (QED) is 0.659. The predicted molar refractivity (Wildman–Crippen MR) is 55.3 cm³/mol. The number of ether oxygens (including phenoxy) is 3. The number of hydrogen-bond acceptors (Lipinski definition) is 4. The molecule has 2 unspecified atom stereocenters. The Labute approximate surface area is 90.9 Å². The van der Waals surface area contributed by atoms with Gasteiger partial charge in [-0.3, -0.25) is 4.79 Å². The first kappa shape index (κ1) is 12.5. The Morgan fingerprint density at radius 2 is 2.13 bits per heavy atom. The van der Waals surface area contributed by atoms with E-state index in [4.69, 9.17) is 9.47 Å². The molecule has 1 fully saturated rings. The van der Waals surface area contributed by atoms with E-state index in [1.54, 1.807) is 0 Å². The minimum Gasteiger partial charge on any atom is -0.469 e. The van der Waals surface area contributed by atoms with Crippen LogP contribution < -0.4 is 0 Å². The Kier molecular flexibility index (Phi) is 3.41. The van der Waals surface area contributed by atoms with E-state index in [1.165, 1.54) is 7.11 Å². The molecule has 4 nitrogen and oxygen atoms in total. The SMILES string of the molecule is COC(=O)CC1COC(C)(C(C)(C)C)O1. The Hall–Kier alpha value is -0.610. The average Bonchev–Trinajstić information content (AvgIpc) is 2.47. The van der Waals surface area contributed by atoms with Crippen molar-refractivity contribution in [2.45, 2.75) is 46.0 Å². The zero-order valence-corrected chi connectivity index (χ0v) is 10.1. The van der Waals surface area contributed by atoms with Crippen molar-refractivity contribution in [3.63, 3.8) is 0 Å². The minimum absolute atomic E-state index is 0.113. The van der Waals surface area contributed by atoms with E-state index in [2.05, 4.69) is 4.74 Å². The second kappa shape index (κ2) is 4.10. The van der Waals surface area contributed by atoms with Crippen molar-refractivity contribution in [2.75, 3.05) is 13.7 Å². The second-order valence-corrected chi connectivity index (χ2v) is 5.03. The molecule has 0 aromatic heterocycles. The van der Waals surface area contributed by atoms with Gasteiger partial charge < -0.3 is 14.2 Å². The molecule has 2 atom stereocenters. The molecular formula is C11H20O4. The highest BCUT2D eigenvalue weighted by Gasteiger charge is 2.46. The molecule has 4 heteroatoms. The molecule has 0 radical (unpaired) electrons. The molecule has 0 aromatic carbocycles. The van der Waals surface area contributed by atoms with Gasteiger partial charge in [0.2, 0.25) is 0 Å². The lowest BCUT2D eigenvalue weighted by molar-refractivity contribution is -0.218. The standard InChI is InChI=1S/C11H20O4/c1-10(2,3)11(4)14-7-8(15-11)6-9(12)13-5/h8H,6-7H2,1-5H3. The fraction of sp³-hybridized carbons (Fsp3) is 0.909. The van der Waals surface area contributed by atoms with Crippen LogP contribution in [0.4, 0.5) is 0 Å². The monoisotopic (exact) mass is 216 g/mol. The maximum Gasteiger partial charge on any atom is 0.308 e. The number of rotatable bonds is 2. The van der Waals surface area contributed by atoms with Crippen molar-refractivity contribution in [2.24, 2.45) is 5.41 Å². The third-order valence-corrected chi connectivity index (χ3v) is 2.92. The minimum atomic E-state index is -0.619. The smallest absolute Gasteiger partial charge is 0.308 e. The van der Waals surface area contributed by atoms with Crippen molar-refractivity contribution < 1.29 is 19.0 Å². The first-order valence-electron chi connectivity index (χ1n) is 5.17. The number of hydrogen-bond donors (Lipinski definition) is 0. The van der Waals surface area contributed by atoms with Gasteiger partial charge in [0.05, 0.1) is 26.2 Å². The van der Waals surface area contributed by atoms with Gasteiger partial charge in [-0.1, -0.05) is 20.8 Å². The number of esters is 1. The van der Waals surface area contributed by atoms with Gasteiger partial charge in [0, 0.05) is 5.41 Å². The summed E-state index contributed by atoms with van der Waals surface area (Å²) in [5.41, 5.74) is -0.113. The van der Waals surface area contributed by atoms with Gasteiger partial charge in [-0.15, -0.1) is 0 Å². The molecule has 0 spiro atoms. The summed E-state index contributed by atoms with van der Waals surface area (Å²) >= 11 is 0. The maximum absolute atomic E-state index is 11.1. The van der Waals surface area contributed by atoms with Crippen LogP contribution in [0.1, 0.15) is 34.1 Å². The van der Waals surface area contributed by atoms with E-state index in [1.807, 2.05) is 27.7 Å². The molecule has 0 bridgehead atoms. The Bertz CT molecular complexity index is 243. The molecular weight excluding hydrogens is 196 g/mol. The molecule has 1 aliphatic rings. The van der Waals surface area contributed by atoms with E-state index >= 15 is 0 Å². The fourth-order valence-electron chi connectivity index (χ4n) is 1.40. The van der Waals surface area contributed by atoms with Crippen molar-refractivity contribution in [3.8, 4) is 0 Å². The molecule has 0 aliphatic carbocycles. The van der Waals surface area contributed by atoms with Crippen LogP contribution in [-0.2, 0) is 19.0 Å². The van der Waals surface area contributed by atoms with Crippen molar-refractivity contribution in [1.29, 1.82) is 0 Å². The van der Waals surface area contributed by atoms with Crippen LogP contribution in [0.3, 0.4) is 0 Å². The first-order valence-corrected chi connectivity index (χ1v) is 5.17. The van der Waals surface area contributed by atoms with E-state index < -0.39 is 5.79 Å². The van der Waals surface area contributed by atoms with E-state index in [0.717, 1.165) is 0 Å². The van der Waals surface area contributed by atoms with E-state index in [0.29, 0.717) is 6.61 Å². The summed E-state index contributed by atoms with van der Waals surface area (Å²) in [6, 6.07) is 0. The van der Waals surface area contributed by atoms with Crippen LogP contribution in [0.25, 0.3) is 0 Å².